The van der Waals surface area contributed by atoms with Gasteiger partial charge in [-0.05, 0) is 40.2 Å². The monoisotopic (exact) mass is 334 g/mol. The Labute approximate surface area is 120 Å². The smallest absolute Gasteiger partial charge is 0.0654 e. The molecule has 2 rings (SSSR count). The molecule has 0 radical (unpaired) electrons. The van der Waals surface area contributed by atoms with E-state index in [4.69, 9.17) is 5.84 Å². The first-order chi connectivity index (χ1) is 8.31. The molecular weight excluding hydrogens is 316 g/mol. The molecule has 0 aromatic carbocycles. The van der Waals surface area contributed by atoms with Crippen molar-refractivity contribution in [3.8, 4) is 0 Å². The van der Waals surface area contributed by atoms with Crippen LogP contribution in [0.25, 0.3) is 0 Å². The Bertz CT molecular complexity index is 337. The van der Waals surface area contributed by atoms with Crippen molar-refractivity contribution in [1.82, 2.24) is 5.43 Å². The summed E-state index contributed by atoms with van der Waals surface area (Å²) in [7, 11) is 0. The summed E-state index contributed by atoms with van der Waals surface area (Å²) in [6, 6.07) is 2.37. The maximum absolute atomic E-state index is 5.67. The van der Waals surface area contributed by atoms with Gasteiger partial charge in [0.15, 0.2) is 0 Å². The summed E-state index contributed by atoms with van der Waals surface area (Å²) in [5, 5.41) is 2.95. The van der Waals surface area contributed by atoms with Gasteiger partial charge in [0.1, 0.15) is 0 Å². The lowest BCUT2D eigenvalue weighted by atomic mass is 10.0. The molecule has 0 amide bonds. The van der Waals surface area contributed by atoms with E-state index in [1.54, 1.807) is 11.3 Å². The molecule has 0 aliphatic heterocycles. The molecule has 3 N–H and O–H groups in total. The summed E-state index contributed by atoms with van der Waals surface area (Å²) < 4.78 is 1.18. The Kier molecular flexibility index (Phi) is 5.83. The fourth-order valence-electron chi connectivity index (χ4n) is 2.22. The molecule has 1 saturated carbocycles. The van der Waals surface area contributed by atoms with Gasteiger partial charge in [0.25, 0.3) is 0 Å². The SMILES string of the molecule is NNC(CSC1CCCCC1)c1sccc1Br. The largest absolute Gasteiger partial charge is 0.271 e. The van der Waals surface area contributed by atoms with E-state index < -0.39 is 0 Å². The summed E-state index contributed by atoms with van der Waals surface area (Å²) in [5.41, 5.74) is 2.94. The van der Waals surface area contributed by atoms with Crippen molar-refractivity contribution in [3.63, 3.8) is 0 Å². The van der Waals surface area contributed by atoms with Gasteiger partial charge in [-0.15, -0.1) is 11.3 Å². The molecule has 1 aliphatic rings. The standard InChI is InChI=1S/C12H19BrN2S2/c13-10-6-7-16-12(10)11(15-14)8-17-9-4-2-1-3-5-9/h6-7,9,11,15H,1-5,8,14H2. The molecule has 1 fully saturated rings. The Morgan fingerprint density at radius 3 is 2.82 bits per heavy atom. The number of hydrazine groups is 1. The van der Waals surface area contributed by atoms with Gasteiger partial charge in [0.2, 0.25) is 0 Å². The van der Waals surface area contributed by atoms with Gasteiger partial charge >= 0.3 is 0 Å². The molecule has 96 valence electrons. The molecule has 1 atom stereocenters. The van der Waals surface area contributed by atoms with E-state index in [0.29, 0.717) is 0 Å². The number of nitrogens with one attached hydrogen (secondary N) is 1. The first kappa shape index (κ1) is 13.9. The van der Waals surface area contributed by atoms with E-state index in [-0.39, 0.29) is 6.04 Å². The minimum Gasteiger partial charge on any atom is -0.271 e. The maximum atomic E-state index is 5.67. The summed E-state index contributed by atoms with van der Waals surface area (Å²) in [6.45, 7) is 0. The highest BCUT2D eigenvalue weighted by molar-refractivity contribution is 9.10. The normalized spacial score (nSPS) is 19.4. The molecule has 5 heteroatoms. The zero-order valence-corrected chi connectivity index (χ0v) is 13.0. The Hall–Kier alpha value is 0.450. The molecule has 17 heavy (non-hydrogen) atoms. The lowest BCUT2D eigenvalue weighted by molar-refractivity contribution is 0.514. The van der Waals surface area contributed by atoms with Crippen LogP contribution in [0.1, 0.15) is 43.0 Å². The summed E-state index contributed by atoms with van der Waals surface area (Å²) in [6.07, 6.45) is 7.00. The second-order valence-electron chi connectivity index (χ2n) is 4.45. The lowest BCUT2D eigenvalue weighted by Gasteiger charge is -2.23. The van der Waals surface area contributed by atoms with E-state index in [1.165, 1.54) is 41.5 Å². The molecule has 1 heterocycles. The molecule has 2 nitrogen and oxygen atoms in total. The minimum absolute atomic E-state index is 0.274. The third-order valence-corrected chi connectivity index (χ3v) is 6.67. The van der Waals surface area contributed by atoms with Crippen molar-refractivity contribution < 1.29 is 0 Å². The number of halogens is 1. The fraction of sp³-hybridized carbons (Fsp3) is 0.667. The van der Waals surface area contributed by atoms with Crippen LogP contribution in [0, 0.1) is 0 Å². The van der Waals surface area contributed by atoms with Crippen molar-refractivity contribution >= 4 is 39.0 Å². The zero-order chi connectivity index (χ0) is 12.1. The van der Waals surface area contributed by atoms with Crippen LogP contribution in [0.2, 0.25) is 0 Å². The third-order valence-electron chi connectivity index (χ3n) is 3.21. The summed E-state index contributed by atoms with van der Waals surface area (Å²) in [5.74, 6) is 6.74. The minimum atomic E-state index is 0.274. The Balaban J connectivity index is 1.85. The second kappa shape index (κ2) is 7.14. The van der Waals surface area contributed by atoms with Crippen LogP contribution in [0.5, 0.6) is 0 Å². The van der Waals surface area contributed by atoms with Gasteiger partial charge in [-0.25, -0.2) is 0 Å². The molecule has 0 saturated heterocycles. The molecular formula is C12H19BrN2S2. The lowest BCUT2D eigenvalue weighted by Crippen LogP contribution is -2.30. The van der Waals surface area contributed by atoms with Crippen molar-refractivity contribution in [1.29, 1.82) is 0 Å². The molecule has 1 aliphatic carbocycles. The van der Waals surface area contributed by atoms with E-state index >= 15 is 0 Å². The highest BCUT2D eigenvalue weighted by atomic mass is 79.9. The van der Waals surface area contributed by atoms with Crippen LogP contribution >= 0.6 is 39.0 Å². The number of thiophene rings is 1. The van der Waals surface area contributed by atoms with Gasteiger partial charge in [-0.1, -0.05) is 19.3 Å². The molecule has 1 unspecified atom stereocenters. The number of hydrogen-bond donors (Lipinski definition) is 2. The van der Waals surface area contributed by atoms with Gasteiger partial charge < -0.3 is 0 Å². The zero-order valence-electron chi connectivity index (χ0n) is 9.82. The number of nitrogens with two attached hydrogens (primary N) is 1. The summed E-state index contributed by atoms with van der Waals surface area (Å²) >= 11 is 7.43. The van der Waals surface area contributed by atoms with Gasteiger partial charge in [0, 0.05) is 20.4 Å². The van der Waals surface area contributed by atoms with Gasteiger partial charge in [-0.2, -0.15) is 11.8 Å². The number of rotatable bonds is 5. The van der Waals surface area contributed by atoms with E-state index in [9.17, 15) is 0 Å². The second-order valence-corrected chi connectivity index (χ2v) is 7.58. The van der Waals surface area contributed by atoms with Crippen LogP contribution in [0.15, 0.2) is 15.9 Å². The average Bonchev–Trinajstić information content (AvgIpc) is 2.78. The van der Waals surface area contributed by atoms with Gasteiger partial charge in [-0.3, -0.25) is 11.3 Å². The number of thioether (sulfide) groups is 1. The molecule has 0 spiro atoms. The Morgan fingerprint density at radius 1 is 1.47 bits per heavy atom. The maximum Gasteiger partial charge on any atom is 0.0654 e. The molecule has 0 bridgehead atoms. The number of hydrogen-bond acceptors (Lipinski definition) is 4. The predicted octanol–water partition coefficient (Wildman–Crippen LogP) is 4.08. The third kappa shape index (κ3) is 3.96. The van der Waals surface area contributed by atoms with Crippen LogP contribution < -0.4 is 11.3 Å². The average molecular weight is 335 g/mol. The first-order valence-corrected chi connectivity index (χ1v) is 8.84. The van der Waals surface area contributed by atoms with Crippen LogP contribution in [-0.4, -0.2) is 11.0 Å². The Morgan fingerprint density at radius 2 is 2.24 bits per heavy atom. The van der Waals surface area contributed by atoms with E-state index in [1.807, 2.05) is 0 Å². The topological polar surface area (TPSA) is 38.0 Å². The van der Waals surface area contributed by atoms with Crippen molar-refractivity contribution in [2.45, 2.75) is 43.4 Å². The van der Waals surface area contributed by atoms with Crippen molar-refractivity contribution in [3.05, 3.63) is 20.8 Å². The first-order valence-electron chi connectivity index (χ1n) is 6.12. The van der Waals surface area contributed by atoms with E-state index in [0.717, 1.165) is 11.0 Å². The van der Waals surface area contributed by atoms with Crippen LogP contribution in [-0.2, 0) is 0 Å². The highest BCUT2D eigenvalue weighted by Crippen LogP contribution is 2.34. The molecule has 1 aromatic rings. The van der Waals surface area contributed by atoms with Crippen molar-refractivity contribution in [2.24, 2.45) is 5.84 Å². The van der Waals surface area contributed by atoms with Gasteiger partial charge in [0.05, 0.1) is 6.04 Å². The predicted molar refractivity (Wildman–Crippen MR) is 81.4 cm³/mol. The van der Waals surface area contributed by atoms with Crippen LogP contribution in [0.4, 0.5) is 0 Å². The fourth-order valence-corrected chi connectivity index (χ4v) is 5.43. The molecule has 1 aromatic heterocycles. The van der Waals surface area contributed by atoms with Crippen LogP contribution in [0.3, 0.4) is 0 Å². The quantitative estimate of drug-likeness (QED) is 0.629. The summed E-state index contributed by atoms with van der Waals surface area (Å²) in [4.78, 5) is 1.32. The highest BCUT2D eigenvalue weighted by Gasteiger charge is 2.19. The van der Waals surface area contributed by atoms with E-state index in [2.05, 4.69) is 44.6 Å². The van der Waals surface area contributed by atoms with Crippen molar-refractivity contribution in [2.75, 3.05) is 5.75 Å².